The first-order chi connectivity index (χ1) is 6.54. The van der Waals surface area contributed by atoms with Crippen molar-refractivity contribution in [1.82, 2.24) is 4.57 Å². The molecule has 0 spiro atoms. The fourth-order valence-corrected chi connectivity index (χ4v) is 2.78. The lowest BCUT2D eigenvalue weighted by Gasteiger charge is -2.11. The Hall–Kier alpha value is 0.330. The molecule has 0 aliphatic rings. The average Bonchev–Trinajstić information content (AvgIpc) is 2.14. The van der Waals surface area contributed by atoms with E-state index in [-0.39, 0.29) is 12.0 Å². The molecule has 0 bridgehead atoms. The molecule has 0 unspecified atom stereocenters. The Morgan fingerprint density at radius 3 is 2.29 bits per heavy atom. The molecule has 1 heterocycles. The second kappa shape index (κ2) is 5.42. The van der Waals surface area contributed by atoms with Crippen molar-refractivity contribution < 1.29 is 10.2 Å². The summed E-state index contributed by atoms with van der Waals surface area (Å²) in [5.74, 6) is 0. The standard InChI is InChI=1S/C8H9I2NO3/c9-6-2-11(1-5(13)4-12)3-7(10)8(6)14/h2-3,5,12-13H,1,4H2/t5-/m1/s1. The number of rotatable bonds is 3. The Morgan fingerprint density at radius 2 is 1.86 bits per heavy atom. The van der Waals surface area contributed by atoms with Crippen LogP contribution >= 0.6 is 45.2 Å². The van der Waals surface area contributed by atoms with E-state index in [1.165, 1.54) is 0 Å². The van der Waals surface area contributed by atoms with E-state index >= 15 is 0 Å². The smallest absolute Gasteiger partial charge is 0.208 e. The summed E-state index contributed by atoms with van der Waals surface area (Å²) in [5, 5.41) is 17.9. The average molecular weight is 421 g/mol. The van der Waals surface area contributed by atoms with Gasteiger partial charge in [0.1, 0.15) is 0 Å². The van der Waals surface area contributed by atoms with Crippen LogP contribution < -0.4 is 5.43 Å². The molecule has 0 fully saturated rings. The third-order valence-corrected chi connectivity index (χ3v) is 3.16. The summed E-state index contributed by atoms with van der Waals surface area (Å²) in [6.45, 7) is 0.0159. The van der Waals surface area contributed by atoms with E-state index in [1.54, 1.807) is 17.0 Å². The Balaban J connectivity index is 2.95. The molecule has 0 aliphatic carbocycles. The van der Waals surface area contributed by atoms with Gasteiger partial charge >= 0.3 is 0 Å². The minimum atomic E-state index is -0.788. The summed E-state index contributed by atoms with van der Waals surface area (Å²) in [6, 6.07) is 0. The Kier molecular flexibility index (Phi) is 4.80. The third kappa shape index (κ3) is 3.17. The van der Waals surface area contributed by atoms with Gasteiger partial charge in [0, 0.05) is 12.4 Å². The van der Waals surface area contributed by atoms with Crippen LogP contribution in [0.15, 0.2) is 17.2 Å². The van der Waals surface area contributed by atoms with Crippen molar-refractivity contribution in [3.63, 3.8) is 0 Å². The number of hydrogen-bond acceptors (Lipinski definition) is 3. The molecule has 14 heavy (non-hydrogen) atoms. The first kappa shape index (κ1) is 12.4. The van der Waals surface area contributed by atoms with E-state index in [4.69, 9.17) is 5.11 Å². The highest BCUT2D eigenvalue weighted by molar-refractivity contribution is 14.1. The molecule has 4 nitrogen and oxygen atoms in total. The van der Waals surface area contributed by atoms with Crippen LogP contribution in [0.3, 0.4) is 0 Å². The molecule has 0 saturated heterocycles. The fraction of sp³-hybridized carbons (Fsp3) is 0.375. The Labute approximate surface area is 108 Å². The molecule has 78 valence electrons. The maximum atomic E-state index is 11.3. The van der Waals surface area contributed by atoms with Crippen LogP contribution in [0.4, 0.5) is 0 Å². The lowest BCUT2D eigenvalue weighted by molar-refractivity contribution is 0.0810. The summed E-state index contributed by atoms with van der Waals surface area (Å²) >= 11 is 3.90. The highest BCUT2D eigenvalue weighted by atomic mass is 127. The van der Waals surface area contributed by atoms with Gasteiger partial charge in [0.15, 0.2) is 0 Å². The van der Waals surface area contributed by atoms with Crippen LogP contribution in [0.5, 0.6) is 0 Å². The van der Waals surface area contributed by atoms with Crippen molar-refractivity contribution in [1.29, 1.82) is 0 Å². The largest absolute Gasteiger partial charge is 0.394 e. The zero-order valence-electron chi connectivity index (χ0n) is 7.15. The molecule has 0 saturated carbocycles. The summed E-state index contributed by atoms with van der Waals surface area (Å²) in [4.78, 5) is 11.3. The molecular formula is C8H9I2NO3. The fourth-order valence-electron chi connectivity index (χ4n) is 0.966. The quantitative estimate of drug-likeness (QED) is 0.696. The first-order valence-electron chi connectivity index (χ1n) is 3.88. The molecule has 0 radical (unpaired) electrons. The van der Waals surface area contributed by atoms with E-state index in [9.17, 15) is 9.90 Å². The molecule has 2 N–H and O–H groups in total. The molecule has 1 atom stereocenters. The van der Waals surface area contributed by atoms with Gasteiger partial charge in [-0.05, 0) is 45.2 Å². The minimum Gasteiger partial charge on any atom is -0.394 e. The van der Waals surface area contributed by atoms with Crippen molar-refractivity contribution in [3.8, 4) is 0 Å². The lowest BCUT2D eigenvalue weighted by Crippen LogP contribution is -2.22. The highest BCUT2D eigenvalue weighted by Gasteiger charge is 2.06. The van der Waals surface area contributed by atoms with Gasteiger partial charge in [-0.2, -0.15) is 0 Å². The van der Waals surface area contributed by atoms with E-state index in [0.29, 0.717) is 13.7 Å². The van der Waals surface area contributed by atoms with Gasteiger partial charge in [0.25, 0.3) is 0 Å². The maximum Gasteiger partial charge on any atom is 0.208 e. The molecule has 0 aliphatic heterocycles. The summed E-state index contributed by atoms with van der Waals surface area (Å²) in [7, 11) is 0. The number of hydrogen-bond donors (Lipinski definition) is 2. The van der Waals surface area contributed by atoms with Gasteiger partial charge in [0.2, 0.25) is 5.43 Å². The predicted octanol–water partition coefficient (Wildman–Crippen LogP) is 0.411. The second-order valence-corrected chi connectivity index (χ2v) is 5.14. The van der Waals surface area contributed by atoms with Gasteiger partial charge in [0.05, 0.1) is 26.4 Å². The minimum absolute atomic E-state index is 0.000869. The van der Waals surface area contributed by atoms with E-state index in [0.717, 1.165) is 0 Å². The van der Waals surface area contributed by atoms with Crippen LogP contribution in [-0.4, -0.2) is 27.5 Å². The van der Waals surface area contributed by atoms with Gasteiger partial charge in [-0.15, -0.1) is 0 Å². The maximum absolute atomic E-state index is 11.3. The van der Waals surface area contributed by atoms with Crippen molar-refractivity contribution >= 4 is 45.2 Å². The van der Waals surface area contributed by atoms with Crippen LogP contribution in [-0.2, 0) is 6.54 Å². The number of pyridine rings is 1. The topological polar surface area (TPSA) is 62.5 Å². The van der Waals surface area contributed by atoms with Crippen molar-refractivity contribution in [3.05, 3.63) is 29.8 Å². The highest BCUT2D eigenvalue weighted by Crippen LogP contribution is 2.04. The van der Waals surface area contributed by atoms with Crippen molar-refractivity contribution in [2.45, 2.75) is 12.6 Å². The van der Waals surface area contributed by atoms with Crippen molar-refractivity contribution in [2.75, 3.05) is 6.61 Å². The normalized spacial score (nSPS) is 12.9. The van der Waals surface area contributed by atoms with Gasteiger partial charge in [-0.3, -0.25) is 4.79 Å². The lowest BCUT2D eigenvalue weighted by atomic mass is 10.3. The monoisotopic (exact) mass is 421 g/mol. The Morgan fingerprint density at radius 1 is 1.36 bits per heavy atom. The molecule has 1 rings (SSSR count). The van der Waals surface area contributed by atoms with Crippen LogP contribution in [0.2, 0.25) is 0 Å². The van der Waals surface area contributed by atoms with E-state index in [2.05, 4.69) is 0 Å². The molecular weight excluding hydrogens is 412 g/mol. The number of halogens is 2. The third-order valence-electron chi connectivity index (χ3n) is 1.62. The number of aliphatic hydroxyl groups excluding tert-OH is 2. The van der Waals surface area contributed by atoms with Gasteiger partial charge < -0.3 is 14.8 Å². The Bertz CT molecular complexity index is 351. The first-order valence-corrected chi connectivity index (χ1v) is 6.04. The number of aromatic nitrogens is 1. The zero-order valence-corrected chi connectivity index (χ0v) is 11.5. The molecule has 6 heteroatoms. The summed E-state index contributed by atoms with van der Waals surface area (Å²) in [5.41, 5.74) is 0.000869. The summed E-state index contributed by atoms with van der Waals surface area (Å²) in [6.07, 6.45) is 2.53. The summed E-state index contributed by atoms with van der Waals surface area (Å²) < 4.78 is 2.92. The molecule has 1 aromatic heterocycles. The zero-order chi connectivity index (χ0) is 10.7. The number of nitrogens with zero attached hydrogens (tertiary/aromatic N) is 1. The van der Waals surface area contributed by atoms with Gasteiger partial charge in [-0.25, -0.2) is 0 Å². The van der Waals surface area contributed by atoms with Crippen LogP contribution in [0.1, 0.15) is 0 Å². The molecule has 1 aromatic rings. The van der Waals surface area contributed by atoms with Crippen LogP contribution in [0, 0.1) is 7.14 Å². The molecule has 0 aromatic carbocycles. The second-order valence-electron chi connectivity index (χ2n) is 2.82. The number of aliphatic hydroxyl groups is 2. The molecule has 0 amide bonds. The van der Waals surface area contributed by atoms with E-state index in [1.807, 2.05) is 45.2 Å². The van der Waals surface area contributed by atoms with Crippen molar-refractivity contribution in [2.24, 2.45) is 0 Å². The predicted molar refractivity (Wildman–Crippen MR) is 69.2 cm³/mol. The van der Waals surface area contributed by atoms with Gasteiger partial charge in [-0.1, -0.05) is 0 Å². The van der Waals surface area contributed by atoms with Crippen LogP contribution in [0.25, 0.3) is 0 Å². The van der Waals surface area contributed by atoms with E-state index < -0.39 is 6.10 Å². The SMILES string of the molecule is O=c1c(I)cn(C[C@@H](O)CO)cc1I.